The molecule has 0 saturated heterocycles. The number of nitriles is 2. The summed E-state index contributed by atoms with van der Waals surface area (Å²) in [5.74, 6) is 0.144. The molecule has 0 fully saturated rings. The van der Waals surface area contributed by atoms with Gasteiger partial charge in [0.15, 0.2) is 0 Å². The topological polar surface area (TPSA) is 114 Å². The van der Waals surface area contributed by atoms with Gasteiger partial charge in [0.25, 0.3) is 0 Å². The lowest BCUT2D eigenvalue weighted by Crippen LogP contribution is -2.30. The minimum Gasteiger partial charge on any atom is -0.460 e. The van der Waals surface area contributed by atoms with Crippen molar-refractivity contribution in [3.63, 3.8) is 0 Å². The van der Waals surface area contributed by atoms with Crippen molar-refractivity contribution in [2.45, 2.75) is 226 Å². The Labute approximate surface area is 279 Å². The maximum absolute atomic E-state index is 11.2. The number of esters is 1. The van der Waals surface area contributed by atoms with Gasteiger partial charge in [-0.25, -0.2) is 0 Å². The first-order valence-corrected chi connectivity index (χ1v) is 19.1. The molecule has 0 aromatic heterocycles. The Bertz CT molecular complexity index is 702. The number of unbranched alkanes of at least 4 members (excludes halogenated alkanes) is 20. The Hall–Kier alpha value is -1.63. The fourth-order valence-electron chi connectivity index (χ4n) is 5.75. The average molecular weight is 635 g/mol. The molecule has 0 bridgehead atoms. The molecule has 0 aliphatic rings. The van der Waals surface area contributed by atoms with Crippen molar-refractivity contribution in [2.24, 2.45) is 5.92 Å². The van der Waals surface area contributed by atoms with Gasteiger partial charge in [0.2, 0.25) is 0 Å². The zero-order valence-corrected chi connectivity index (χ0v) is 30.2. The van der Waals surface area contributed by atoms with Crippen LogP contribution in [0.1, 0.15) is 207 Å². The normalized spacial score (nSPS) is 13.5. The van der Waals surface area contributed by atoms with E-state index in [0.717, 1.165) is 77.0 Å². The smallest absolute Gasteiger partial charge is 0.302 e. The van der Waals surface area contributed by atoms with Crippen molar-refractivity contribution in [3.8, 4) is 12.1 Å². The van der Waals surface area contributed by atoms with Crippen LogP contribution in [0.4, 0.5) is 0 Å². The summed E-state index contributed by atoms with van der Waals surface area (Å²) in [6.45, 7) is 8.06. The maximum atomic E-state index is 11.2. The fraction of sp³-hybridized carbons (Fsp3) is 0.923. The molecule has 0 aromatic rings. The zero-order valence-electron chi connectivity index (χ0n) is 30.2. The van der Waals surface area contributed by atoms with Gasteiger partial charge in [-0.1, -0.05) is 143 Å². The van der Waals surface area contributed by atoms with Crippen LogP contribution in [0, 0.1) is 28.6 Å². The molecule has 4 atom stereocenters. The van der Waals surface area contributed by atoms with E-state index >= 15 is 0 Å². The molecule has 6 heteroatoms. The molecule has 6 nitrogen and oxygen atoms in total. The molecule has 0 rings (SSSR count). The SMILES string of the molecule is CCCCCCCC[C@@H](C)[C@H](O)CCCCCCCC#N.CCCCCCCC[C@@H](O)[C@@H](CCCCCCCC#N)OC(C)=O. The minimum atomic E-state index is -0.543. The van der Waals surface area contributed by atoms with Crippen LogP contribution < -0.4 is 0 Å². The molecule has 264 valence electrons. The predicted octanol–water partition coefficient (Wildman–Crippen LogP) is 11.3. The maximum Gasteiger partial charge on any atom is 0.302 e. The Balaban J connectivity index is 0. The van der Waals surface area contributed by atoms with E-state index in [9.17, 15) is 15.0 Å². The quantitative estimate of drug-likeness (QED) is 0.0579. The number of carbonyl (C=O) groups excluding carboxylic acids is 1. The Kier molecular flexibility index (Phi) is 37.2. The number of hydrogen-bond donors (Lipinski definition) is 2. The number of aliphatic hydroxyl groups is 2. The Morgan fingerprint density at radius 1 is 0.556 bits per heavy atom. The predicted molar refractivity (Wildman–Crippen MR) is 189 cm³/mol. The van der Waals surface area contributed by atoms with Crippen molar-refractivity contribution in [1.29, 1.82) is 10.5 Å². The lowest BCUT2D eigenvalue weighted by Gasteiger charge is -2.22. The minimum absolute atomic E-state index is 0.111. The second-order valence-electron chi connectivity index (χ2n) is 13.3. The summed E-state index contributed by atoms with van der Waals surface area (Å²) in [4.78, 5) is 11.2. The number of ether oxygens (including phenoxy) is 1. The van der Waals surface area contributed by atoms with Crippen LogP contribution in [-0.2, 0) is 9.53 Å². The zero-order chi connectivity index (χ0) is 33.8. The molecule has 2 N–H and O–H groups in total. The Morgan fingerprint density at radius 2 is 0.911 bits per heavy atom. The summed E-state index contributed by atoms with van der Waals surface area (Å²) in [6, 6.07) is 4.35. The first-order valence-electron chi connectivity index (χ1n) is 19.1. The van der Waals surface area contributed by atoms with Crippen LogP contribution >= 0.6 is 0 Å². The molecule has 0 unspecified atom stereocenters. The van der Waals surface area contributed by atoms with E-state index < -0.39 is 6.10 Å². The first kappa shape index (κ1) is 45.5. The molecular formula is C39H74N2O4. The average Bonchev–Trinajstić information content (AvgIpc) is 3.02. The molecule has 0 heterocycles. The molecule has 0 spiro atoms. The van der Waals surface area contributed by atoms with Gasteiger partial charge < -0.3 is 14.9 Å². The van der Waals surface area contributed by atoms with Crippen molar-refractivity contribution in [1.82, 2.24) is 0 Å². The molecule has 0 aliphatic heterocycles. The molecule has 0 radical (unpaired) electrons. The highest BCUT2D eigenvalue weighted by Gasteiger charge is 2.21. The van der Waals surface area contributed by atoms with Crippen LogP contribution in [0.3, 0.4) is 0 Å². The lowest BCUT2D eigenvalue weighted by atomic mass is 9.93. The monoisotopic (exact) mass is 635 g/mol. The van der Waals surface area contributed by atoms with E-state index in [-0.39, 0.29) is 18.2 Å². The highest BCUT2D eigenvalue weighted by atomic mass is 16.6. The summed E-state index contributed by atoms with van der Waals surface area (Å²) in [7, 11) is 0. The van der Waals surface area contributed by atoms with E-state index in [4.69, 9.17) is 15.3 Å². The lowest BCUT2D eigenvalue weighted by molar-refractivity contribution is -0.153. The van der Waals surface area contributed by atoms with Gasteiger partial charge >= 0.3 is 5.97 Å². The number of hydrogen-bond acceptors (Lipinski definition) is 6. The summed E-state index contributed by atoms with van der Waals surface area (Å²) in [5, 5.41) is 37.4. The highest BCUT2D eigenvalue weighted by Crippen LogP contribution is 2.20. The van der Waals surface area contributed by atoms with Crippen LogP contribution in [0.15, 0.2) is 0 Å². The van der Waals surface area contributed by atoms with E-state index in [0.29, 0.717) is 25.2 Å². The van der Waals surface area contributed by atoms with E-state index in [1.165, 1.54) is 90.4 Å². The summed E-state index contributed by atoms with van der Waals surface area (Å²) in [5.41, 5.74) is 0. The fourth-order valence-corrected chi connectivity index (χ4v) is 5.75. The van der Waals surface area contributed by atoms with Crippen molar-refractivity contribution >= 4 is 5.97 Å². The van der Waals surface area contributed by atoms with Crippen LogP contribution in [0.5, 0.6) is 0 Å². The van der Waals surface area contributed by atoms with E-state index in [1.807, 2.05) is 0 Å². The Morgan fingerprint density at radius 3 is 1.33 bits per heavy atom. The van der Waals surface area contributed by atoms with E-state index in [1.54, 1.807) is 0 Å². The van der Waals surface area contributed by atoms with Crippen LogP contribution in [0.25, 0.3) is 0 Å². The largest absolute Gasteiger partial charge is 0.460 e. The van der Waals surface area contributed by atoms with Gasteiger partial charge in [-0.2, -0.15) is 10.5 Å². The molecule has 0 saturated carbocycles. The molecular weight excluding hydrogens is 560 g/mol. The van der Waals surface area contributed by atoms with Gasteiger partial charge in [-0.3, -0.25) is 4.79 Å². The third-order valence-electron chi connectivity index (χ3n) is 8.84. The standard InChI is InChI=1S/C20H37NO3.C19H37NO/c1-3-4-5-6-9-12-15-19(23)20(24-18(2)22)16-13-10-7-8-11-14-17-21;1-3-4-5-6-9-12-15-18(2)19(21)16-13-10-7-8-11-14-17-20/h19-20,23H,3-16H2,1-2H3;18-19,21H,3-16H2,1-2H3/t19-,20-;18-,19-/m11/s1. The number of aliphatic hydroxyl groups excluding tert-OH is 2. The first-order chi connectivity index (χ1) is 21.8. The molecule has 45 heavy (non-hydrogen) atoms. The third kappa shape index (κ3) is 35.1. The number of rotatable bonds is 31. The summed E-state index contributed by atoms with van der Waals surface area (Å²) < 4.78 is 5.32. The van der Waals surface area contributed by atoms with Gasteiger partial charge in [-0.15, -0.1) is 0 Å². The summed E-state index contributed by atoms with van der Waals surface area (Å²) >= 11 is 0. The van der Waals surface area contributed by atoms with Gasteiger partial charge in [0.05, 0.1) is 24.3 Å². The highest BCUT2D eigenvalue weighted by molar-refractivity contribution is 5.66. The van der Waals surface area contributed by atoms with Crippen LogP contribution in [0.2, 0.25) is 0 Å². The van der Waals surface area contributed by atoms with Gasteiger partial charge in [0, 0.05) is 19.8 Å². The third-order valence-corrected chi connectivity index (χ3v) is 8.84. The van der Waals surface area contributed by atoms with Crippen molar-refractivity contribution < 1.29 is 19.7 Å². The molecule has 0 aliphatic carbocycles. The van der Waals surface area contributed by atoms with Crippen LogP contribution in [-0.4, -0.2) is 34.5 Å². The number of carbonyl (C=O) groups is 1. The second-order valence-corrected chi connectivity index (χ2v) is 13.3. The second kappa shape index (κ2) is 36.8. The van der Waals surface area contributed by atoms with Gasteiger partial charge in [0.1, 0.15) is 6.10 Å². The number of nitrogens with zero attached hydrogens (tertiary/aromatic N) is 2. The van der Waals surface area contributed by atoms with Gasteiger partial charge in [-0.05, 0) is 50.9 Å². The van der Waals surface area contributed by atoms with Crippen molar-refractivity contribution in [3.05, 3.63) is 0 Å². The summed E-state index contributed by atoms with van der Waals surface area (Å²) in [6.07, 6.45) is 30.0. The molecule has 0 aromatic carbocycles. The molecule has 0 amide bonds. The van der Waals surface area contributed by atoms with Crippen molar-refractivity contribution in [2.75, 3.05) is 0 Å². The van der Waals surface area contributed by atoms with E-state index in [2.05, 4.69) is 32.9 Å².